The Morgan fingerprint density at radius 2 is 2.19 bits per heavy atom. The van der Waals surface area contributed by atoms with Crippen molar-refractivity contribution in [3.8, 4) is 5.82 Å². The molecular weight excluding hydrogens is 208 g/mol. The van der Waals surface area contributed by atoms with Gasteiger partial charge in [-0.25, -0.2) is 9.78 Å². The van der Waals surface area contributed by atoms with Gasteiger partial charge in [0.05, 0.1) is 12.2 Å². The van der Waals surface area contributed by atoms with Crippen molar-refractivity contribution >= 4 is 5.97 Å². The van der Waals surface area contributed by atoms with Gasteiger partial charge in [-0.05, 0) is 17.7 Å². The Balaban J connectivity index is 2.31. The number of pyridine rings is 1. The third-order valence-electron chi connectivity index (χ3n) is 2.20. The average molecular weight is 218 g/mol. The fourth-order valence-electron chi connectivity index (χ4n) is 1.33. The second kappa shape index (κ2) is 4.16. The fourth-order valence-corrected chi connectivity index (χ4v) is 1.33. The first-order valence-corrected chi connectivity index (χ1v) is 4.68. The number of carboxylic acid groups (broad SMARTS) is 1. The van der Waals surface area contributed by atoms with Crippen molar-refractivity contribution in [3.05, 3.63) is 47.9 Å². The first kappa shape index (κ1) is 10.4. The Morgan fingerprint density at radius 3 is 2.69 bits per heavy atom. The molecule has 82 valence electrons. The van der Waals surface area contributed by atoms with Crippen LogP contribution in [0.2, 0.25) is 0 Å². The quantitative estimate of drug-likeness (QED) is 0.807. The predicted octanol–water partition coefficient (Wildman–Crippen LogP) is 1.06. The highest BCUT2D eigenvalue weighted by Gasteiger charge is 2.05. The maximum atomic E-state index is 10.7. The molecule has 0 spiro atoms. The van der Waals surface area contributed by atoms with Gasteiger partial charge in [-0.2, -0.15) is 0 Å². The molecule has 2 aromatic rings. The molecule has 0 fully saturated rings. The summed E-state index contributed by atoms with van der Waals surface area (Å²) in [7, 11) is 0. The number of aliphatic hydroxyl groups is 1. The van der Waals surface area contributed by atoms with Crippen LogP contribution in [0.15, 0.2) is 36.8 Å². The minimum absolute atomic E-state index is 0.0562. The van der Waals surface area contributed by atoms with Crippen LogP contribution in [-0.2, 0) is 6.61 Å². The van der Waals surface area contributed by atoms with Crippen molar-refractivity contribution in [2.24, 2.45) is 0 Å². The second-order valence-corrected chi connectivity index (χ2v) is 3.30. The Labute approximate surface area is 91.6 Å². The molecule has 2 N–H and O–H groups in total. The van der Waals surface area contributed by atoms with Gasteiger partial charge in [0.15, 0.2) is 0 Å². The number of aromatic nitrogens is 2. The Bertz CT molecular complexity index is 502. The van der Waals surface area contributed by atoms with E-state index in [4.69, 9.17) is 10.2 Å². The SMILES string of the molecule is O=C(O)c1ccn(-c2ccc(CO)cn2)c1. The smallest absolute Gasteiger partial charge is 0.337 e. The molecule has 0 saturated carbocycles. The molecule has 2 heterocycles. The van der Waals surface area contributed by atoms with Crippen molar-refractivity contribution in [2.75, 3.05) is 0 Å². The minimum atomic E-state index is -0.967. The van der Waals surface area contributed by atoms with E-state index in [1.807, 2.05) is 0 Å². The summed E-state index contributed by atoms with van der Waals surface area (Å²) < 4.78 is 1.62. The number of nitrogens with zero attached hydrogens (tertiary/aromatic N) is 2. The summed E-state index contributed by atoms with van der Waals surface area (Å²) in [4.78, 5) is 14.8. The lowest BCUT2D eigenvalue weighted by atomic mass is 10.3. The van der Waals surface area contributed by atoms with E-state index in [0.29, 0.717) is 5.82 Å². The van der Waals surface area contributed by atoms with E-state index in [9.17, 15) is 4.79 Å². The van der Waals surface area contributed by atoms with E-state index in [2.05, 4.69) is 4.98 Å². The summed E-state index contributed by atoms with van der Waals surface area (Å²) in [6, 6.07) is 4.96. The summed E-state index contributed by atoms with van der Waals surface area (Å²) in [5, 5.41) is 17.6. The van der Waals surface area contributed by atoms with Gasteiger partial charge in [-0.1, -0.05) is 6.07 Å². The second-order valence-electron chi connectivity index (χ2n) is 3.30. The molecule has 0 bridgehead atoms. The van der Waals surface area contributed by atoms with Crippen LogP contribution < -0.4 is 0 Å². The highest BCUT2D eigenvalue weighted by atomic mass is 16.4. The lowest BCUT2D eigenvalue weighted by Crippen LogP contribution is -1.97. The zero-order valence-electron chi connectivity index (χ0n) is 8.37. The molecule has 0 unspecified atom stereocenters. The number of aliphatic hydroxyl groups excluding tert-OH is 1. The maximum absolute atomic E-state index is 10.7. The summed E-state index contributed by atoms with van der Waals surface area (Å²) in [5.74, 6) is -0.351. The summed E-state index contributed by atoms with van der Waals surface area (Å²) >= 11 is 0. The molecule has 0 atom stereocenters. The number of carboxylic acids is 1. The van der Waals surface area contributed by atoms with Crippen LogP contribution in [0, 0.1) is 0 Å². The maximum Gasteiger partial charge on any atom is 0.337 e. The highest BCUT2D eigenvalue weighted by molar-refractivity contribution is 5.87. The lowest BCUT2D eigenvalue weighted by molar-refractivity contribution is 0.0697. The summed E-state index contributed by atoms with van der Waals surface area (Å²) in [5.41, 5.74) is 0.933. The number of aromatic carboxylic acids is 1. The van der Waals surface area contributed by atoms with Crippen LogP contribution in [0.3, 0.4) is 0 Å². The summed E-state index contributed by atoms with van der Waals surface area (Å²) in [6.45, 7) is -0.0562. The van der Waals surface area contributed by atoms with E-state index in [1.165, 1.54) is 12.3 Å². The van der Waals surface area contributed by atoms with Crippen molar-refractivity contribution < 1.29 is 15.0 Å². The zero-order chi connectivity index (χ0) is 11.5. The normalized spacial score (nSPS) is 10.3. The molecular formula is C11H10N2O3. The Hall–Kier alpha value is -2.14. The van der Waals surface area contributed by atoms with E-state index < -0.39 is 5.97 Å². The van der Waals surface area contributed by atoms with E-state index in [1.54, 1.807) is 29.1 Å². The van der Waals surface area contributed by atoms with Gasteiger partial charge in [0.1, 0.15) is 5.82 Å². The van der Waals surface area contributed by atoms with Gasteiger partial charge >= 0.3 is 5.97 Å². The third kappa shape index (κ3) is 1.94. The summed E-state index contributed by atoms with van der Waals surface area (Å²) in [6.07, 6.45) is 4.67. The number of hydrogen-bond donors (Lipinski definition) is 2. The van der Waals surface area contributed by atoms with Crippen molar-refractivity contribution in [1.82, 2.24) is 9.55 Å². The van der Waals surface area contributed by atoms with Crippen LogP contribution >= 0.6 is 0 Å². The van der Waals surface area contributed by atoms with Crippen molar-refractivity contribution in [1.29, 1.82) is 0 Å². The topological polar surface area (TPSA) is 75.3 Å². The van der Waals surface area contributed by atoms with Crippen LogP contribution in [0.4, 0.5) is 0 Å². The van der Waals surface area contributed by atoms with Crippen molar-refractivity contribution in [2.45, 2.75) is 6.61 Å². The monoisotopic (exact) mass is 218 g/mol. The van der Waals surface area contributed by atoms with Gasteiger partial charge in [0.25, 0.3) is 0 Å². The minimum Gasteiger partial charge on any atom is -0.478 e. The van der Waals surface area contributed by atoms with Crippen LogP contribution in [0.5, 0.6) is 0 Å². The first-order valence-electron chi connectivity index (χ1n) is 4.68. The van der Waals surface area contributed by atoms with Gasteiger partial charge in [-0.15, -0.1) is 0 Å². The van der Waals surface area contributed by atoms with Crippen LogP contribution in [0.1, 0.15) is 15.9 Å². The van der Waals surface area contributed by atoms with E-state index in [-0.39, 0.29) is 12.2 Å². The van der Waals surface area contributed by atoms with Gasteiger partial charge in [0, 0.05) is 18.6 Å². The third-order valence-corrected chi connectivity index (χ3v) is 2.20. The molecule has 16 heavy (non-hydrogen) atoms. The van der Waals surface area contributed by atoms with Crippen molar-refractivity contribution in [3.63, 3.8) is 0 Å². The average Bonchev–Trinajstić information content (AvgIpc) is 2.78. The fraction of sp³-hybridized carbons (Fsp3) is 0.0909. The molecule has 5 heteroatoms. The highest BCUT2D eigenvalue weighted by Crippen LogP contribution is 2.09. The standard InChI is InChI=1S/C11H10N2O3/c14-7-8-1-2-10(12-5-8)13-4-3-9(6-13)11(15)16/h1-6,14H,7H2,(H,15,16). The van der Waals surface area contributed by atoms with Gasteiger partial charge in [0.2, 0.25) is 0 Å². The zero-order valence-corrected chi connectivity index (χ0v) is 8.37. The molecule has 2 aromatic heterocycles. The lowest BCUT2D eigenvalue weighted by Gasteiger charge is -2.01. The van der Waals surface area contributed by atoms with Crippen LogP contribution in [0.25, 0.3) is 5.82 Å². The molecule has 0 amide bonds. The molecule has 0 aliphatic heterocycles. The molecule has 0 aliphatic rings. The molecule has 0 aromatic carbocycles. The molecule has 0 radical (unpaired) electrons. The number of hydrogen-bond acceptors (Lipinski definition) is 3. The molecule has 0 aliphatic carbocycles. The number of carbonyl (C=O) groups is 1. The predicted molar refractivity (Wildman–Crippen MR) is 56.4 cm³/mol. The van der Waals surface area contributed by atoms with E-state index in [0.717, 1.165) is 5.56 Å². The van der Waals surface area contributed by atoms with Gasteiger partial charge in [-0.3, -0.25) is 0 Å². The molecule has 0 saturated heterocycles. The van der Waals surface area contributed by atoms with Gasteiger partial charge < -0.3 is 14.8 Å². The molecule has 5 nitrogen and oxygen atoms in total. The largest absolute Gasteiger partial charge is 0.478 e. The Kier molecular flexibility index (Phi) is 2.70. The van der Waals surface area contributed by atoms with E-state index >= 15 is 0 Å². The number of rotatable bonds is 3. The Morgan fingerprint density at radius 1 is 1.38 bits per heavy atom. The first-order chi connectivity index (χ1) is 7.70. The van der Waals surface area contributed by atoms with Crippen LogP contribution in [-0.4, -0.2) is 25.7 Å². The molecule has 2 rings (SSSR count).